The van der Waals surface area contributed by atoms with E-state index in [-0.39, 0.29) is 0 Å². The summed E-state index contributed by atoms with van der Waals surface area (Å²) in [6, 6.07) is 0. The van der Waals surface area contributed by atoms with E-state index in [9.17, 15) is 0 Å². The first-order valence-electron chi connectivity index (χ1n) is 6.57. The molecule has 0 aromatic heterocycles. The van der Waals surface area contributed by atoms with Crippen LogP contribution in [-0.2, 0) is 28.8 Å². The van der Waals surface area contributed by atoms with E-state index in [1.54, 1.807) is 0 Å². The van der Waals surface area contributed by atoms with Crippen molar-refractivity contribution in [2.45, 2.75) is 55.4 Å². The summed E-state index contributed by atoms with van der Waals surface area (Å²) >= 11 is 0. The number of carbonyl (C=O) groups is 6. The van der Waals surface area contributed by atoms with E-state index in [1.165, 1.54) is 0 Å². The van der Waals surface area contributed by atoms with Crippen molar-refractivity contribution in [1.29, 1.82) is 0 Å². The monoisotopic (exact) mass is 390 g/mol. The van der Waals surface area contributed by atoms with Crippen molar-refractivity contribution in [3.8, 4) is 0 Å². The van der Waals surface area contributed by atoms with E-state index in [0.717, 1.165) is 41.5 Å². The fourth-order valence-corrected chi connectivity index (χ4v) is 0. The molecule has 0 aromatic carbocycles. The van der Waals surface area contributed by atoms with Gasteiger partial charge in [-0.25, -0.2) is 0 Å². The molecule has 0 spiro atoms. The molecule has 0 aliphatic rings. The zero-order valence-corrected chi connectivity index (χ0v) is 16.1. The van der Waals surface area contributed by atoms with Gasteiger partial charge in [0, 0.05) is 41.5 Å². The Bertz CT molecular complexity index is 257. The Labute approximate surface area is 151 Å². The van der Waals surface area contributed by atoms with Gasteiger partial charge in [0.15, 0.2) is 0 Å². The highest BCUT2D eigenvalue weighted by molar-refractivity contribution is 5.64. The van der Waals surface area contributed by atoms with Crippen LogP contribution in [0.15, 0.2) is 0 Å². The van der Waals surface area contributed by atoms with E-state index in [4.69, 9.17) is 59.4 Å². The Morgan fingerprint density at radius 2 is 0.346 bits per heavy atom. The largest absolute Gasteiger partial charge is 0.481 e. The fourth-order valence-electron chi connectivity index (χ4n) is 0. The first-order chi connectivity index (χ1) is 11.4. The smallest absolute Gasteiger partial charge is 0.300 e. The Morgan fingerprint density at radius 3 is 0.346 bits per heavy atom. The number of aliphatic carboxylic acids is 6. The summed E-state index contributed by atoms with van der Waals surface area (Å²) in [7, 11) is 0. The molecule has 0 fully saturated rings. The van der Waals surface area contributed by atoms with Crippen molar-refractivity contribution in [2.75, 3.05) is 0 Å². The SMILES string of the molecule is CC.CC(=O)O.CC(=O)O.CC(=O)O.CC(=O)O.CC(=O)O.CC(=O)O. The molecule has 158 valence electrons. The highest BCUT2D eigenvalue weighted by Crippen LogP contribution is 1.43. The lowest BCUT2D eigenvalue weighted by Crippen LogP contribution is -1.78. The van der Waals surface area contributed by atoms with Crippen molar-refractivity contribution >= 4 is 35.8 Å². The summed E-state index contributed by atoms with van der Waals surface area (Å²) in [6.45, 7) is 10.5. The Balaban J connectivity index is -0.0000000327. The summed E-state index contributed by atoms with van der Waals surface area (Å²) in [6.07, 6.45) is 0. The van der Waals surface area contributed by atoms with Crippen molar-refractivity contribution in [1.82, 2.24) is 0 Å². The lowest BCUT2D eigenvalue weighted by Gasteiger charge is -1.59. The van der Waals surface area contributed by atoms with Crippen molar-refractivity contribution < 1.29 is 59.4 Å². The highest BCUT2D eigenvalue weighted by Gasteiger charge is 1.67. The first-order valence-corrected chi connectivity index (χ1v) is 6.57. The maximum absolute atomic E-state index is 9.00. The van der Waals surface area contributed by atoms with Crippen LogP contribution in [0.4, 0.5) is 0 Å². The van der Waals surface area contributed by atoms with Crippen LogP contribution in [0.3, 0.4) is 0 Å². The molecule has 0 aliphatic heterocycles. The van der Waals surface area contributed by atoms with Crippen LogP contribution in [-0.4, -0.2) is 66.5 Å². The third-order valence-corrected chi connectivity index (χ3v) is 0. The van der Waals surface area contributed by atoms with Gasteiger partial charge in [-0.15, -0.1) is 0 Å². The maximum Gasteiger partial charge on any atom is 0.300 e. The Morgan fingerprint density at radius 1 is 0.346 bits per heavy atom. The van der Waals surface area contributed by atoms with Crippen LogP contribution in [0.2, 0.25) is 0 Å². The summed E-state index contributed by atoms with van der Waals surface area (Å²) in [4.78, 5) is 54.0. The molecule has 6 N–H and O–H groups in total. The lowest BCUT2D eigenvalue weighted by atomic mass is 10.9. The summed E-state index contributed by atoms with van der Waals surface area (Å²) in [5, 5.41) is 44.5. The number of hydrogen-bond acceptors (Lipinski definition) is 6. The van der Waals surface area contributed by atoms with E-state index < -0.39 is 35.8 Å². The van der Waals surface area contributed by atoms with Gasteiger partial charge in [0.25, 0.3) is 35.8 Å². The molecule has 0 radical (unpaired) electrons. The van der Waals surface area contributed by atoms with Crippen molar-refractivity contribution in [3.05, 3.63) is 0 Å². The van der Waals surface area contributed by atoms with Gasteiger partial charge in [-0.2, -0.15) is 0 Å². The van der Waals surface area contributed by atoms with E-state index in [1.807, 2.05) is 13.8 Å². The molecule has 12 nitrogen and oxygen atoms in total. The zero-order valence-electron chi connectivity index (χ0n) is 16.1. The molecular formula is C14H30O12. The molecule has 0 aliphatic carbocycles. The Kier molecular flexibility index (Phi) is 71.9. The minimum atomic E-state index is -0.833. The molecule has 0 rings (SSSR count). The number of carboxylic acids is 6. The summed E-state index contributed by atoms with van der Waals surface area (Å²) in [5.74, 6) is -5.00. The second kappa shape index (κ2) is 43.1. The number of carboxylic acid groups (broad SMARTS) is 6. The van der Waals surface area contributed by atoms with E-state index in [0.29, 0.717) is 0 Å². The first kappa shape index (κ1) is 43.4. The van der Waals surface area contributed by atoms with Gasteiger partial charge in [-0.3, -0.25) is 28.8 Å². The molecule has 26 heavy (non-hydrogen) atoms. The molecule has 0 amide bonds. The van der Waals surface area contributed by atoms with Gasteiger partial charge >= 0.3 is 0 Å². The average molecular weight is 390 g/mol. The van der Waals surface area contributed by atoms with Crippen LogP contribution in [0, 0.1) is 0 Å². The zero-order chi connectivity index (χ0) is 23.5. The predicted octanol–water partition coefficient (Wildman–Crippen LogP) is 1.57. The Hall–Kier alpha value is -3.18. The van der Waals surface area contributed by atoms with Crippen LogP contribution in [0.25, 0.3) is 0 Å². The molecule has 0 atom stereocenters. The van der Waals surface area contributed by atoms with Gasteiger partial charge in [0.05, 0.1) is 0 Å². The molecule has 0 aromatic rings. The molecule has 12 heteroatoms. The molecule has 0 bridgehead atoms. The molecular weight excluding hydrogens is 360 g/mol. The second-order valence-electron chi connectivity index (χ2n) is 3.11. The summed E-state index contributed by atoms with van der Waals surface area (Å²) < 4.78 is 0. The van der Waals surface area contributed by atoms with Crippen LogP contribution < -0.4 is 0 Å². The predicted molar refractivity (Wildman–Crippen MR) is 91.2 cm³/mol. The van der Waals surface area contributed by atoms with Gasteiger partial charge in [-0.05, 0) is 0 Å². The fraction of sp³-hybridized carbons (Fsp3) is 0.571. The number of hydrogen-bond donors (Lipinski definition) is 6. The second-order valence-corrected chi connectivity index (χ2v) is 3.11. The van der Waals surface area contributed by atoms with E-state index in [2.05, 4.69) is 0 Å². The molecule has 0 heterocycles. The maximum atomic E-state index is 9.00. The van der Waals surface area contributed by atoms with Crippen LogP contribution in [0.1, 0.15) is 55.4 Å². The van der Waals surface area contributed by atoms with E-state index >= 15 is 0 Å². The lowest BCUT2D eigenvalue weighted by molar-refractivity contribution is -0.135. The van der Waals surface area contributed by atoms with Crippen molar-refractivity contribution in [3.63, 3.8) is 0 Å². The van der Waals surface area contributed by atoms with Crippen LogP contribution in [0.5, 0.6) is 0 Å². The molecule has 0 saturated carbocycles. The topological polar surface area (TPSA) is 224 Å². The minimum Gasteiger partial charge on any atom is -0.481 e. The van der Waals surface area contributed by atoms with Gasteiger partial charge < -0.3 is 30.6 Å². The summed E-state index contributed by atoms with van der Waals surface area (Å²) in [5.41, 5.74) is 0. The average Bonchev–Trinajstić information content (AvgIpc) is 2.25. The number of rotatable bonds is 0. The normalized spacial score (nSPS) is 6.00. The van der Waals surface area contributed by atoms with Gasteiger partial charge in [0.1, 0.15) is 0 Å². The van der Waals surface area contributed by atoms with Gasteiger partial charge in [-0.1, -0.05) is 13.8 Å². The standard InChI is InChI=1S/6C2H4O2.C2H6/c6*1-2(3)4;1-2/h6*1H3,(H,3,4);1-2H3. The van der Waals surface area contributed by atoms with Gasteiger partial charge in [0.2, 0.25) is 0 Å². The van der Waals surface area contributed by atoms with Crippen LogP contribution >= 0.6 is 0 Å². The highest BCUT2D eigenvalue weighted by atomic mass is 16.4. The third kappa shape index (κ3) is 809. The third-order valence-electron chi connectivity index (χ3n) is 0. The van der Waals surface area contributed by atoms with Crippen molar-refractivity contribution in [2.24, 2.45) is 0 Å². The quantitative estimate of drug-likeness (QED) is 0.346. The minimum absolute atomic E-state index is 0.833. The molecule has 0 saturated heterocycles. The molecule has 0 unspecified atom stereocenters.